The topological polar surface area (TPSA) is 89.0 Å². The molecule has 0 bridgehead atoms. The van der Waals surface area contributed by atoms with Crippen molar-refractivity contribution in [3.63, 3.8) is 0 Å². The van der Waals surface area contributed by atoms with Gasteiger partial charge in [0, 0.05) is 5.71 Å². The van der Waals surface area contributed by atoms with Crippen LogP contribution in [-0.4, -0.2) is 24.8 Å². The Balaban J connectivity index is 1.75. The first kappa shape index (κ1) is 20.3. The van der Waals surface area contributed by atoms with E-state index in [-0.39, 0.29) is 18.9 Å². The molecule has 2 amide bonds. The van der Waals surface area contributed by atoms with Gasteiger partial charge in [-0.1, -0.05) is 35.9 Å². The molecule has 142 valence electrons. The number of nitrogens with one attached hydrogen (secondary N) is 2. The summed E-state index contributed by atoms with van der Waals surface area (Å²) in [4.78, 5) is 23.7. The van der Waals surface area contributed by atoms with Crippen LogP contribution in [0.1, 0.15) is 18.9 Å². The Morgan fingerprint density at radius 3 is 2.48 bits per heavy atom. The van der Waals surface area contributed by atoms with Crippen molar-refractivity contribution in [3.8, 4) is 5.75 Å². The zero-order valence-electron chi connectivity index (χ0n) is 15.0. The molecule has 0 saturated carbocycles. The highest BCUT2D eigenvalue weighted by Crippen LogP contribution is 2.20. The van der Waals surface area contributed by atoms with Crippen molar-refractivity contribution in [2.75, 3.05) is 12.4 Å². The highest BCUT2D eigenvalue weighted by Gasteiger charge is 2.08. The lowest BCUT2D eigenvalue weighted by Gasteiger charge is -2.07. The minimum absolute atomic E-state index is 0.00395. The number of anilines is 1. The molecule has 0 heterocycles. The smallest absolute Gasteiger partial charge is 0.428 e. The van der Waals surface area contributed by atoms with E-state index in [0.717, 1.165) is 11.3 Å². The molecule has 0 aromatic heterocycles. The van der Waals surface area contributed by atoms with Crippen LogP contribution >= 0.6 is 11.6 Å². The Labute approximate surface area is 162 Å². The highest BCUT2D eigenvalue weighted by molar-refractivity contribution is 6.33. The van der Waals surface area contributed by atoms with Crippen LogP contribution in [0.15, 0.2) is 53.6 Å². The average Bonchev–Trinajstić information content (AvgIpc) is 2.67. The van der Waals surface area contributed by atoms with Gasteiger partial charge in [-0.05, 0) is 36.8 Å². The van der Waals surface area contributed by atoms with E-state index in [1.807, 2.05) is 0 Å². The minimum atomic E-state index is -0.711. The van der Waals surface area contributed by atoms with Gasteiger partial charge in [0.05, 0.1) is 24.2 Å². The van der Waals surface area contributed by atoms with Crippen molar-refractivity contribution in [1.82, 2.24) is 5.43 Å². The first-order valence-corrected chi connectivity index (χ1v) is 8.49. The van der Waals surface area contributed by atoms with E-state index in [4.69, 9.17) is 21.1 Å². The Morgan fingerprint density at radius 1 is 1.11 bits per heavy atom. The normalized spacial score (nSPS) is 10.9. The van der Waals surface area contributed by atoms with Crippen LogP contribution in [0.3, 0.4) is 0 Å². The van der Waals surface area contributed by atoms with Crippen molar-refractivity contribution in [3.05, 3.63) is 59.1 Å². The van der Waals surface area contributed by atoms with E-state index in [0.29, 0.717) is 16.4 Å². The van der Waals surface area contributed by atoms with Crippen molar-refractivity contribution in [2.45, 2.75) is 20.0 Å². The van der Waals surface area contributed by atoms with Crippen LogP contribution in [0.2, 0.25) is 5.02 Å². The fourth-order valence-corrected chi connectivity index (χ4v) is 2.26. The predicted octanol–water partition coefficient (Wildman–Crippen LogP) is 3.98. The lowest BCUT2D eigenvalue weighted by molar-refractivity contribution is -0.115. The number of nitrogens with zero attached hydrogens (tertiary/aromatic N) is 1. The van der Waals surface area contributed by atoms with E-state index in [2.05, 4.69) is 15.8 Å². The number of para-hydroxylation sites is 1. The van der Waals surface area contributed by atoms with Crippen LogP contribution < -0.4 is 15.5 Å². The molecule has 8 heteroatoms. The molecule has 0 fully saturated rings. The fourth-order valence-electron chi connectivity index (χ4n) is 2.07. The third-order valence-electron chi connectivity index (χ3n) is 3.43. The summed E-state index contributed by atoms with van der Waals surface area (Å²) in [5, 5.41) is 6.97. The number of hydrogen-bond acceptors (Lipinski definition) is 5. The fraction of sp³-hybridized carbons (Fsp3) is 0.211. The van der Waals surface area contributed by atoms with Crippen molar-refractivity contribution in [2.24, 2.45) is 5.10 Å². The van der Waals surface area contributed by atoms with Gasteiger partial charge in [0.1, 0.15) is 12.4 Å². The van der Waals surface area contributed by atoms with Crippen molar-refractivity contribution < 1.29 is 19.1 Å². The van der Waals surface area contributed by atoms with Gasteiger partial charge in [0.15, 0.2) is 0 Å². The second-order valence-corrected chi connectivity index (χ2v) is 6.00. The molecule has 0 spiro atoms. The molecule has 2 rings (SSSR count). The number of carbonyl (C=O) groups is 2. The summed E-state index contributed by atoms with van der Waals surface area (Å²) in [7, 11) is 1.58. The van der Waals surface area contributed by atoms with Gasteiger partial charge >= 0.3 is 6.09 Å². The van der Waals surface area contributed by atoms with Crippen LogP contribution in [0.4, 0.5) is 10.5 Å². The number of carbonyl (C=O) groups excluding carboxylic acids is 2. The molecular weight excluding hydrogens is 370 g/mol. The summed E-state index contributed by atoms with van der Waals surface area (Å²) in [5.41, 5.74) is 4.00. The summed E-state index contributed by atoms with van der Waals surface area (Å²) in [6, 6.07) is 14.0. The van der Waals surface area contributed by atoms with Gasteiger partial charge in [-0.25, -0.2) is 10.2 Å². The molecule has 0 unspecified atom stereocenters. The largest absolute Gasteiger partial charge is 0.497 e. The number of hydrogen-bond donors (Lipinski definition) is 2. The van der Waals surface area contributed by atoms with Crippen LogP contribution in [0.25, 0.3) is 0 Å². The Morgan fingerprint density at radius 2 is 1.81 bits per heavy atom. The number of halogens is 1. The molecule has 0 aliphatic carbocycles. The molecular formula is C19H20ClN3O4. The third-order valence-corrected chi connectivity index (χ3v) is 3.76. The number of rotatable bonds is 7. The molecule has 0 atom stereocenters. The third kappa shape index (κ3) is 6.99. The van der Waals surface area contributed by atoms with E-state index in [9.17, 15) is 9.59 Å². The molecule has 0 radical (unpaired) electrons. The van der Waals surface area contributed by atoms with Gasteiger partial charge in [0.25, 0.3) is 0 Å². The van der Waals surface area contributed by atoms with Gasteiger partial charge in [-0.3, -0.25) is 4.79 Å². The van der Waals surface area contributed by atoms with Gasteiger partial charge in [0.2, 0.25) is 5.91 Å². The summed E-state index contributed by atoms with van der Waals surface area (Å²) in [6.07, 6.45) is -0.707. The second-order valence-electron chi connectivity index (χ2n) is 5.59. The summed E-state index contributed by atoms with van der Waals surface area (Å²) in [5.74, 6) is 0.427. The standard InChI is InChI=1S/C19H20ClN3O4/c1-13(11-18(24)21-17-6-4-3-5-16(17)20)22-23-19(25)27-12-14-7-9-15(26-2)10-8-14/h3-10H,11-12H2,1-2H3,(H,21,24)(H,23,25)/b22-13-. The van der Waals surface area contributed by atoms with E-state index < -0.39 is 6.09 Å². The molecule has 2 N–H and O–H groups in total. The monoisotopic (exact) mass is 389 g/mol. The van der Waals surface area contributed by atoms with Gasteiger partial charge < -0.3 is 14.8 Å². The number of benzene rings is 2. The molecule has 7 nitrogen and oxygen atoms in total. The molecule has 0 aliphatic heterocycles. The van der Waals surface area contributed by atoms with Gasteiger partial charge in [-0.15, -0.1) is 0 Å². The van der Waals surface area contributed by atoms with Crippen molar-refractivity contribution >= 4 is 35.0 Å². The molecule has 0 aliphatic rings. The molecule has 2 aromatic rings. The maximum absolute atomic E-state index is 12.0. The number of methoxy groups -OCH3 is 1. The van der Waals surface area contributed by atoms with E-state index in [1.165, 1.54) is 0 Å². The Bertz CT molecular complexity index is 822. The zero-order valence-corrected chi connectivity index (χ0v) is 15.7. The zero-order chi connectivity index (χ0) is 19.6. The molecule has 0 saturated heterocycles. The Hall–Kier alpha value is -3.06. The van der Waals surface area contributed by atoms with Gasteiger partial charge in [-0.2, -0.15) is 5.10 Å². The SMILES string of the molecule is COc1ccc(COC(=O)N/N=C(/C)CC(=O)Nc2ccccc2Cl)cc1. The molecule has 27 heavy (non-hydrogen) atoms. The summed E-state index contributed by atoms with van der Waals surface area (Å²) in [6.45, 7) is 1.72. The van der Waals surface area contributed by atoms with E-state index in [1.54, 1.807) is 62.6 Å². The summed E-state index contributed by atoms with van der Waals surface area (Å²) < 4.78 is 10.1. The molecule has 2 aromatic carbocycles. The number of amides is 2. The second kappa shape index (κ2) is 10.2. The first-order chi connectivity index (χ1) is 13.0. The highest BCUT2D eigenvalue weighted by atomic mass is 35.5. The summed E-state index contributed by atoms with van der Waals surface area (Å²) >= 11 is 5.98. The van der Waals surface area contributed by atoms with Crippen LogP contribution in [0.5, 0.6) is 5.75 Å². The van der Waals surface area contributed by atoms with Crippen LogP contribution in [-0.2, 0) is 16.1 Å². The average molecular weight is 390 g/mol. The number of ether oxygens (including phenoxy) is 2. The van der Waals surface area contributed by atoms with E-state index >= 15 is 0 Å². The number of hydrazone groups is 1. The predicted molar refractivity (Wildman–Crippen MR) is 104 cm³/mol. The lowest BCUT2D eigenvalue weighted by Crippen LogP contribution is -2.22. The first-order valence-electron chi connectivity index (χ1n) is 8.11. The Kier molecular flexibility index (Phi) is 7.63. The maximum atomic E-state index is 12.0. The van der Waals surface area contributed by atoms with Crippen molar-refractivity contribution in [1.29, 1.82) is 0 Å². The van der Waals surface area contributed by atoms with Crippen LogP contribution in [0, 0.1) is 0 Å². The minimum Gasteiger partial charge on any atom is -0.497 e. The lowest BCUT2D eigenvalue weighted by atomic mass is 10.2. The maximum Gasteiger partial charge on any atom is 0.428 e. The quantitative estimate of drug-likeness (QED) is 0.553.